The molecule has 1 aromatic rings. The van der Waals surface area contributed by atoms with Crippen LogP contribution in [0, 0.1) is 0 Å². The molecule has 0 aliphatic heterocycles. The molecule has 0 spiro atoms. The number of aromatic amines is 1. The number of aromatic nitrogens is 2. The van der Waals surface area contributed by atoms with Crippen LogP contribution in [-0.2, 0) is 11.3 Å². The minimum atomic E-state index is -1.60. The van der Waals surface area contributed by atoms with E-state index in [0.717, 1.165) is 5.56 Å². The maximum atomic E-state index is 11.5. The highest BCUT2D eigenvalue weighted by Gasteiger charge is 2.16. The third-order valence-electron chi connectivity index (χ3n) is 2.05. The Morgan fingerprint density at radius 3 is 2.88 bits per heavy atom. The molecule has 1 aromatic heterocycles. The average molecular weight is 242 g/mol. The Labute approximate surface area is 97.2 Å². The monoisotopic (exact) mass is 242 g/mol. The van der Waals surface area contributed by atoms with Crippen molar-refractivity contribution in [2.75, 3.05) is 13.6 Å². The summed E-state index contributed by atoms with van der Waals surface area (Å²) in [5.41, 5.74) is 0.821. The average Bonchev–Trinajstić information content (AvgIpc) is 2.77. The third kappa shape index (κ3) is 4.11. The second-order valence-electron chi connectivity index (χ2n) is 3.50. The minimum absolute atomic E-state index is 0.329. The van der Waals surface area contributed by atoms with Gasteiger partial charge in [-0.15, -0.1) is 0 Å². The van der Waals surface area contributed by atoms with Gasteiger partial charge in [0.2, 0.25) is 0 Å². The summed E-state index contributed by atoms with van der Waals surface area (Å²) in [7, 11) is 1.55. The fraction of sp³-hybridized carbons (Fsp3) is 0.444. The van der Waals surface area contributed by atoms with Gasteiger partial charge in [-0.2, -0.15) is 5.10 Å². The number of carboxylic acids is 1. The molecule has 1 heterocycles. The highest BCUT2D eigenvalue weighted by molar-refractivity contribution is 5.76. The van der Waals surface area contributed by atoms with Crippen LogP contribution in [0.2, 0.25) is 0 Å². The van der Waals surface area contributed by atoms with Crippen molar-refractivity contribution in [3.63, 3.8) is 0 Å². The van der Waals surface area contributed by atoms with Crippen LogP contribution in [-0.4, -0.2) is 57.0 Å². The van der Waals surface area contributed by atoms with Crippen LogP contribution in [0.3, 0.4) is 0 Å². The van der Waals surface area contributed by atoms with E-state index >= 15 is 0 Å². The Hall–Kier alpha value is -2.09. The summed E-state index contributed by atoms with van der Waals surface area (Å²) in [5.74, 6) is -1.37. The first kappa shape index (κ1) is 13.0. The number of carboxylic acid groups (broad SMARTS) is 1. The first-order valence-corrected chi connectivity index (χ1v) is 4.88. The molecule has 1 rings (SSSR count). The quantitative estimate of drug-likeness (QED) is 0.528. The summed E-state index contributed by atoms with van der Waals surface area (Å²) in [6.45, 7) is 0.00932. The molecule has 1 unspecified atom stereocenters. The molecule has 0 aromatic carbocycles. The van der Waals surface area contributed by atoms with Crippen LogP contribution in [0.1, 0.15) is 5.56 Å². The van der Waals surface area contributed by atoms with Crippen molar-refractivity contribution in [1.82, 2.24) is 20.4 Å². The number of aliphatic hydroxyl groups excluding tert-OH is 1. The zero-order chi connectivity index (χ0) is 12.8. The van der Waals surface area contributed by atoms with E-state index in [2.05, 4.69) is 15.5 Å². The number of aliphatic hydroxyl groups is 1. The molecule has 0 fully saturated rings. The third-order valence-corrected chi connectivity index (χ3v) is 2.05. The number of rotatable bonds is 5. The molecular formula is C9H14N4O4. The summed E-state index contributed by atoms with van der Waals surface area (Å²) < 4.78 is 0. The van der Waals surface area contributed by atoms with Crippen molar-refractivity contribution in [3.8, 4) is 0 Å². The molecule has 8 heteroatoms. The van der Waals surface area contributed by atoms with Crippen LogP contribution < -0.4 is 5.32 Å². The van der Waals surface area contributed by atoms with Crippen LogP contribution in [0.15, 0.2) is 12.4 Å². The number of hydrogen-bond acceptors (Lipinski definition) is 4. The van der Waals surface area contributed by atoms with Gasteiger partial charge < -0.3 is 20.4 Å². The molecule has 0 aliphatic carbocycles. The number of nitrogens with zero attached hydrogens (tertiary/aromatic N) is 2. The number of hydrogen-bond donors (Lipinski definition) is 4. The van der Waals surface area contributed by atoms with Gasteiger partial charge in [-0.3, -0.25) is 5.10 Å². The van der Waals surface area contributed by atoms with E-state index in [4.69, 9.17) is 10.2 Å². The molecule has 1 atom stereocenters. The maximum Gasteiger partial charge on any atom is 0.334 e. The zero-order valence-electron chi connectivity index (χ0n) is 9.25. The lowest BCUT2D eigenvalue weighted by molar-refractivity contribution is -0.146. The second kappa shape index (κ2) is 5.85. The van der Waals surface area contributed by atoms with Crippen LogP contribution in [0.4, 0.5) is 4.79 Å². The maximum absolute atomic E-state index is 11.5. The summed E-state index contributed by atoms with van der Waals surface area (Å²) in [6, 6.07) is -0.466. The number of carbonyl (C=O) groups is 2. The van der Waals surface area contributed by atoms with E-state index in [9.17, 15) is 9.59 Å². The fourth-order valence-electron chi connectivity index (χ4n) is 1.12. The lowest BCUT2D eigenvalue weighted by atomic mass is 10.3. The Morgan fingerprint density at radius 1 is 1.65 bits per heavy atom. The Bertz CT molecular complexity index is 378. The van der Waals surface area contributed by atoms with Gasteiger partial charge in [0.15, 0.2) is 6.10 Å². The zero-order valence-corrected chi connectivity index (χ0v) is 9.25. The first-order valence-electron chi connectivity index (χ1n) is 4.88. The van der Waals surface area contributed by atoms with Gasteiger partial charge in [-0.25, -0.2) is 9.59 Å². The highest BCUT2D eigenvalue weighted by Crippen LogP contribution is 1.99. The topological polar surface area (TPSA) is 119 Å². The summed E-state index contributed by atoms with van der Waals surface area (Å²) in [4.78, 5) is 23.1. The van der Waals surface area contributed by atoms with Crippen molar-refractivity contribution in [3.05, 3.63) is 18.0 Å². The van der Waals surface area contributed by atoms with Gasteiger partial charge in [0.05, 0.1) is 19.3 Å². The normalized spacial score (nSPS) is 11.9. The molecule has 0 bridgehead atoms. The van der Waals surface area contributed by atoms with Crippen LogP contribution >= 0.6 is 0 Å². The number of H-pyrrole nitrogens is 1. The molecule has 0 saturated heterocycles. The van der Waals surface area contributed by atoms with Gasteiger partial charge in [0.25, 0.3) is 0 Å². The lowest BCUT2D eigenvalue weighted by Gasteiger charge is -2.17. The van der Waals surface area contributed by atoms with Crippen molar-refractivity contribution in [1.29, 1.82) is 0 Å². The lowest BCUT2D eigenvalue weighted by Crippen LogP contribution is -2.42. The molecule has 0 aliphatic rings. The minimum Gasteiger partial charge on any atom is -0.479 e. The van der Waals surface area contributed by atoms with E-state index < -0.39 is 18.1 Å². The number of nitrogens with one attached hydrogen (secondary N) is 2. The van der Waals surface area contributed by atoms with Gasteiger partial charge in [0.1, 0.15) is 0 Å². The van der Waals surface area contributed by atoms with Gasteiger partial charge in [-0.1, -0.05) is 0 Å². The molecule has 17 heavy (non-hydrogen) atoms. The number of carbonyl (C=O) groups excluding carboxylic acids is 1. The first-order chi connectivity index (χ1) is 8.00. The fourth-order valence-corrected chi connectivity index (χ4v) is 1.12. The number of amides is 2. The SMILES string of the molecule is CN(Cc1cn[nH]c1)C(=O)NCC(O)C(=O)O. The summed E-state index contributed by atoms with van der Waals surface area (Å²) in [6.07, 6.45) is 1.63. The van der Waals surface area contributed by atoms with E-state index in [-0.39, 0.29) is 6.54 Å². The van der Waals surface area contributed by atoms with Gasteiger partial charge >= 0.3 is 12.0 Å². The van der Waals surface area contributed by atoms with Crippen molar-refractivity contribution >= 4 is 12.0 Å². The van der Waals surface area contributed by atoms with Crippen LogP contribution in [0.25, 0.3) is 0 Å². The number of urea groups is 1. The summed E-state index contributed by atoms with van der Waals surface area (Å²) in [5, 5.41) is 26.0. The Morgan fingerprint density at radius 2 is 2.35 bits per heavy atom. The van der Waals surface area contributed by atoms with Crippen molar-refractivity contribution in [2.45, 2.75) is 12.6 Å². The van der Waals surface area contributed by atoms with Gasteiger partial charge in [0, 0.05) is 18.8 Å². The molecule has 0 radical (unpaired) electrons. The molecule has 4 N–H and O–H groups in total. The predicted molar refractivity (Wildman–Crippen MR) is 57.1 cm³/mol. The smallest absolute Gasteiger partial charge is 0.334 e. The summed E-state index contributed by atoms with van der Waals surface area (Å²) >= 11 is 0. The van der Waals surface area contributed by atoms with Crippen LogP contribution in [0.5, 0.6) is 0 Å². The van der Waals surface area contributed by atoms with Crippen molar-refractivity contribution in [2.24, 2.45) is 0 Å². The van der Waals surface area contributed by atoms with Gasteiger partial charge in [-0.05, 0) is 0 Å². The Kier molecular flexibility index (Phi) is 4.46. The van der Waals surface area contributed by atoms with E-state index in [1.54, 1.807) is 19.4 Å². The standard InChI is InChI=1S/C9H14N4O4/c1-13(5-6-2-11-12-3-6)9(17)10-4-7(14)8(15)16/h2-3,7,14H,4-5H2,1H3,(H,10,17)(H,11,12)(H,15,16). The molecule has 2 amide bonds. The molecule has 94 valence electrons. The van der Waals surface area contributed by atoms with E-state index in [1.165, 1.54) is 4.90 Å². The van der Waals surface area contributed by atoms with E-state index in [0.29, 0.717) is 6.54 Å². The Balaban J connectivity index is 2.34. The predicted octanol–water partition coefficient (Wildman–Crippen LogP) is -1.00. The molecular weight excluding hydrogens is 228 g/mol. The molecule has 8 nitrogen and oxygen atoms in total. The van der Waals surface area contributed by atoms with E-state index in [1.807, 2.05) is 0 Å². The highest BCUT2D eigenvalue weighted by atomic mass is 16.4. The largest absolute Gasteiger partial charge is 0.479 e. The molecule has 0 saturated carbocycles. The number of aliphatic carboxylic acids is 1. The second-order valence-corrected chi connectivity index (χ2v) is 3.50. The van der Waals surface area contributed by atoms with Crippen molar-refractivity contribution < 1.29 is 19.8 Å².